The normalized spacial score (nSPS) is 11.5. The molecule has 3 heteroatoms. The highest BCUT2D eigenvalue weighted by Crippen LogP contribution is 2.50. The van der Waals surface area contributed by atoms with Crippen LogP contribution in [-0.2, 0) is 0 Å². The van der Waals surface area contributed by atoms with Crippen LogP contribution in [0.1, 0.15) is 0 Å². The molecule has 1 nitrogen and oxygen atoms in total. The molecular weight excluding hydrogens is 655 g/mol. The van der Waals surface area contributed by atoms with Gasteiger partial charge in [-0.1, -0.05) is 146 Å². The van der Waals surface area contributed by atoms with Crippen molar-refractivity contribution in [1.82, 2.24) is 0 Å². The van der Waals surface area contributed by atoms with E-state index in [0.29, 0.717) is 0 Å². The van der Waals surface area contributed by atoms with E-state index in [0.717, 1.165) is 11.4 Å². The summed E-state index contributed by atoms with van der Waals surface area (Å²) in [5, 5.41) is 5.18. The van der Waals surface area contributed by atoms with E-state index >= 15 is 0 Å². The van der Waals surface area contributed by atoms with E-state index < -0.39 is 0 Å². The minimum atomic E-state index is 1.13. The molecule has 0 aliphatic heterocycles. The third-order valence-electron chi connectivity index (χ3n) is 9.90. The quantitative estimate of drug-likeness (QED) is 0.168. The first-order valence-electron chi connectivity index (χ1n) is 17.3. The van der Waals surface area contributed by atoms with E-state index in [1.165, 1.54) is 79.4 Å². The summed E-state index contributed by atoms with van der Waals surface area (Å²) in [6.45, 7) is 0. The van der Waals surface area contributed by atoms with Crippen molar-refractivity contribution in [3.05, 3.63) is 188 Å². The Morgan fingerprint density at radius 3 is 1.47 bits per heavy atom. The maximum atomic E-state index is 2.49. The fraction of sp³-hybridized carbons (Fsp3) is 0. The maximum absolute atomic E-state index is 2.49. The van der Waals surface area contributed by atoms with Crippen LogP contribution in [0.25, 0.3) is 73.7 Å². The molecule has 0 radical (unpaired) electrons. The van der Waals surface area contributed by atoms with E-state index in [-0.39, 0.29) is 0 Å². The summed E-state index contributed by atoms with van der Waals surface area (Å²) >= 11 is 3.74. The number of fused-ring (bicyclic) bond motifs is 6. The SMILES string of the molecule is c1ccc(-c2ccc(-c3ccc(N(c4ccc5sc6ccccc6c5c4)c4c(-c5ccccc5)ccc5c4sc4ccccc45)cc3)cc2)cc1. The standard InChI is InChI=1S/C48H31NS2/c1-3-11-32(12-4-1)33-19-21-34(22-20-33)35-23-25-37(26-24-35)49(38-27-30-46-43(31-38)41-16-8-9-17-44(41)50-46)47-39(36-13-5-2-6-14-36)28-29-42-40-15-7-10-18-45(40)51-48(42)47/h1-31H. The summed E-state index contributed by atoms with van der Waals surface area (Å²) in [7, 11) is 0. The average molecular weight is 686 g/mol. The third kappa shape index (κ3) is 5.21. The minimum Gasteiger partial charge on any atom is -0.308 e. The van der Waals surface area contributed by atoms with E-state index in [4.69, 9.17) is 0 Å². The first-order valence-corrected chi connectivity index (χ1v) is 18.9. The Hall–Kier alpha value is -6.00. The van der Waals surface area contributed by atoms with Gasteiger partial charge in [-0.3, -0.25) is 0 Å². The van der Waals surface area contributed by atoms with Crippen LogP contribution in [0.3, 0.4) is 0 Å². The fourth-order valence-corrected chi connectivity index (χ4v) is 9.72. The number of rotatable bonds is 6. The predicted octanol–water partition coefficient (Wildman–Crippen LogP) is 14.9. The molecule has 0 atom stereocenters. The maximum Gasteiger partial charge on any atom is 0.0718 e. The van der Waals surface area contributed by atoms with Crippen molar-refractivity contribution in [2.24, 2.45) is 0 Å². The number of thiophene rings is 2. The van der Waals surface area contributed by atoms with Crippen molar-refractivity contribution in [3.8, 4) is 33.4 Å². The first kappa shape index (κ1) is 29.9. The molecule has 8 aromatic carbocycles. The lowest BCUT2D eigenvalue weighted by Crippen LogP contribution is -2.11. The number of nitrogens with zero attached hydrogens (tertiary/aromatic N) is 1. The topological polar surface area (TPSA) is 3.24 Å². The Morgan fingerprint density at radius 1 is 0.314 bits per heavy atom. The number of hydrogen-bond acceptors (Lipinski definition) is 3. The van der Waals surface area contributed by atoms with Gasteiger partial charge in [-0.05, 0) is 70.3 Å². The molecule has 10 aromatic rings. The molecule has 240 valence electrons. The number of benzene rings is 8. The average Bonchev–Trinajstić information content (AvgIpc) is 3.78. The van der Waals surface area contributed by atoms with Gasteiger partial charge < -0.3 is 4.90 Å². The van der Waals surface area contributed by atoms with Crippen molar-refractivity contribution in [1.29, 1.82) is 0 Å². The summed E-state index contributed by atoms with van der Waals surface area (Å²) in [5.41, 5.74) is 10.8. The largest absolute Gasteiger partial charge is 0.308 e. The Kier molecular flexibility index (Phi) is 7.26. The van der Waals surface area contributed by atoms with E-state index in [9.17, 15) is 0 Å². The van der Waals surface area contributed by atoms with Crippen molar-refractivity contribution >= 4 is 80.1 Å². The molecular formula is C48H31NS2. The molecule has 2 aromatic heterocycles. The van der Waals surface area contributed by atoms with Crippen molar-refractivity contribution < 1.29 is 0 Å². The van der Waals surface area contributed by atoms with Crippen LogP contribution in [-0.4, -0.2) is 0 Å². The Balaban J connectivity index is 1.19. The highest BCUT2D eigenvalue weighted by molar-refractivity contribution is 7.26. The molecule has 0 aliphatic carbocycles. The lowest BCUT2D eigenvalue weighted by molar-refractivity contribution is 1.31. The summed E-state index contributed by atoms with van der Waals surface area (Å²) in [4.78, 5) is 2.49. The summed E-state index contributed by atoms with van der Waals surface area (Å²) < 4.78 is 5.20. The lowest BCUT2D eigenvalue weighted by Gasteiger charge is -2.29. The van der Waals surface area contributed by atoms with Crippen molar-refractivity contribution in [2.75, 3.05) is 4.90 Å². The zero-order valence-electron chi connectivity index (χ0n) is 27.7. The third-order valence-corrected chi connectivity index (χ3v) is 12.2. The summed E-state index contributed by atoms with van der Waals surface area (Å²) in [6.07, 6.45) is 0. The van der Waals surface area contributed by atoms with Crippen molar-refractivity contribution in [3.63, 3.8) is 0 Å². The van der Waals surface area contributed by atoms with Crippen LogP contribution in [0.4, 0.5) is 17.1 Å². The van der Waals surface area contributed by atoms with Gasteiger partial charge in [-0.15, -0.1) is 22.7 Å². The van der Waals surface area contributed by atoms with Gasteiger partial charge in [0.25, 0.3) is 0 Å². The number of hydrogen-bond donors (Lipinski definition) is 0. The molecule has 0 N–H and O–H groups in total. The predicted molar refractivity (Wildman–Crippen MR) is 223 cm³/mol. The van der Waals surface area contributed by atoms with Crippen molar-refractivity contribution in [2.45, 2.75) is 0 Å². The highest BCUT2D eigenvalue weighted by atomic mass is 32.1. The Bertz CT molecular complexity index is 2830. The second-order valence-corrected chi connectivity index (χ2v) is 15.0. The van der Waals surface area contributed by atoms with Gasteiger partial charge in [0.05, 0.1) is 10.4 Å². The second-order valence-electron chi connectivity index (χ2n) is 12.9. The van der Waals surface area contributed by atoms with Gasteiger partial charge in [0.1, 0.15) is 0 Å². The van der Waals surface area contributed by atoms with Gasteiger partial charge >= 0.3 is 0 Å². The van der Waals surface area contributed by atoms with Crippen LogP contribution in [0, 0.1) is 0 Å². The molecule has 0 fully saturated rings. The fourth-order valence-electron chi connectivity index (χ4n) is 7.40. The zero-order valence-corrected chi connectivity index (χ0v) is 29.3. The molecule has 2 heterocycles. The van der Waals surface area contributed by atoms with Gasteiger partial charge in [-0.2, -0.15) is 0 Å². The van der Waals surface area contributed by atoms with Crippen LogP contribution < -0.4 is 4.90 Å². The van der Waals surface area contributed by atoms with E-state index in [2.05, 4.69) is 193 Å². The second kappa shape index (κ2) is 12.4. The Morgan fingerprint density at radius 2 is 0.804 bits per heavy atom. The molecule has 0 unspecified atom stereocenters. The van der Waals surface area contributed by atoms with Crippen LogP contribution in [0.5, 0.6) is 0 Å². The molecule has 0 aliphatic rings. The van der Waals surface area contributed by atoms with Gasteiger partial charge in [-0.25, -0.2) is 0 Å². The molecule has 0 spiro atoms. The zero-order chi connectivity index (χ0) is 33.7. The summed E-state index contributed by atoms with van der Waals surface area (Å²) in [5.74, 6) is 0. The van der Waals surface area contributed by atoms with Crippen LogP contribution in [0.2, 0.25) is 0 Å². The van der Waals surface area contributed by atoms with Crippen LogP contribution >= 0.6 is 22.7 Å². The molecule has 10 rings (SSSR count). The molecule has 0 bridgehead atoms. The van der Waals surface area contributed by atoms with E-state index in [1.54, 1.807) is 0 Å². The smallest absolute Gasteiger partial charge is 0.0718 e. The van der Waals surface area contributed by atoms with E-state index in [1.807, 2.05) is 22.7 Å². The first-order chi connectivity index (χ1) is 25.3. The minimum absolute atomic E-state index is 1.13. The lowest BCUT2D eigenvalue weighted by atomic mass is 9.98. The monoisotopic (exact) mass is 685 g/mol. The molecule has 0 saturated carbocycles. The van der Waals surface area contributed by atoms with Gasteiger partial charge in [0.15, 0.2) is 0 Å². The number of anilines is 3. The van der Waals surface area contributed by atoms with Gasteiger partial charge in [0, 0.05) is 52.6 Å². The van der Waals surface area contributed by atoms with Gasteiger partial charge in [0.2, 0.25) is 0 Å². The summed E-state index contributed by atoms with van der Waals surface area (Å²) in [6, 6.07) is 68.6. The molecule has 0 amide bonds. The molecule has 51 heavy (non-hydrogen) atoms. The highest BCUT2D eigenvalue weighted by Gasteiger charge is 2.23. The molecule has 0 saturated heterocycles. The Labute approximate surface area is 304 Å². The van der Waals surface area contributed by atoms with Crippen LogP contribution in [0.15, 0.2) is 188 Å².